The molecular formula is C81H154F30O13Si4. The lowest BCUT2D eigenvalue weighted by molar-refractivity contribution is -0.398. The molecule has 8 aliphatic carbocycles. The van der Waals surface area contributed by atoms with E-state index in [1.54, 1.807) is 13.8 Å². The number of fused-ring (bicyclic) bond motifs is 8. The summed E-state index contributed by atoms with van der Waals surface area (Å²) in [6.45, 7) is 18.2. The fourth-order valence-corrected chi connectivity index (χ4v) is 16.3. The molecule has 8 saturated carbocycles. The molecule has 8 fully saturated rings. The molecule has 0 N–H and O–H groups in total. The van der Waals surface area contributed by atoms with Crippen molar-refractivity contribution in [1.29, 1.82) is 0 Å². The van der Waals surface area contributed by atoms with Gasteiger partial charge in [-0.15, -0.1) is 0 Å². The van der Waals surface area contributed by atoms with Crippen LogP contribution in [-0.2, 0) is 55.6 Å². The molecule has 0 radical (unpaired) electrons. The van der Waals surface area contributed by atoms with Crippen LogP contribution >= 0.6 is 0 Å². The minimum atomic E-state index is -5.79. The second kappa shape index (κ2) is 55.3. The van der Waals surface area contributed by atoms with Gasteiger partial charge in [-0.1, -0.05) is 85.1 Å². The SMILES string of the molecule is C.C.C.C.C.C.C.C.CC(C)(C)OC(=O)OC(CC1CC2CCC1C2)(C(F)(F)F)C(F)(F)F.CCOCOC(C)(CC1CC2CCC1C2)C(F)(F)F.CCOCOC(CC1CC2CCC1C2)(C(F)(F)F)C(F)(F)F.CCOCOC(CC1CC2CCC1C2)C(F)(F)F.CO[Si](C)(C)C(F)(F)F.CO[Si](C)(C)C(F)(F)F.CO[Si](C)(C)C(F)(F)F.CO[Si](C)(C)C(F)(F)F. The van der Waals surface area contributed by atoms with E-state index in [1.807, 2.05) is 0 Å². The highest BCUT2D eigenvalue weighted by Crippen LogP contribution is 2.60. The molecule has 0 aromatic heterocycles. The molecule has 47 heteroatoms. The van der Waals surface area contributed by atoms with Gasteiger partial charge < -0.3 is 55.6 Å². The molecule has 0 heterocycles. The van der Waals surface area contributed by atoms with Gasteiger partial charge in [0.1, 0.15) is 26.0 Å². The lowest BCUT2D eigenvalue weighted by Gasteiger charge is -2.40. The molecule has 0 spiro atoms. The smallest absolute Gasteiger partial charge is 0.429 e. The molecule has 0 aromatic rings. The van der Waals surface area contributed by atoms with E-state index < -0.39 is 160 Å². The number of carbonyl (C=O) groups excluding carboxylic acids is 1. The lowest BCUT2D eigenvalue weighted by atomic mass is 9.79. The molecule has 0 aliphatic heterocycles. The molecule has 128 heavy (non-hydrogen) atoms. The van der Waals surface area contributed by atoms with Crippen molar-refractivity contribution in [3.8, 4) is 0 Å². The fraction of sp³-hybridized carbons (Fsp3) is 0.988. The molecule has 8 aliphatic rings. The summed E-state index contributed by atoms with van der Waals surface area (Å²) in [7, 11) is -9.13. The summed E-state index contributed by atoms with van der Waals surface area (Å²) in [6, 6.07) is 0. The number of rotatable bonds is 25. The van der Waals surface area contributed by atoms with Crippen LogP contribution in [0.2, 0.25) is 52.4 Å². The monoisotopic (exact) mass is 2020 g/mol. The Morgan fingerprint density at radius 1 is 0.320 bits per heavy atom. The summed E-state index contributed by atoms with van der Waals surface area (Å²) < 4.78 is 435. The maximum absolute atomic E-state index is 13.5. The van der Waals surface area contributed by atoms with Gasteiger partial charge in [0.05, 0.1) is 0 Å². The van der Waals surface area contributed by atoms with E-state index >= 15 is 0 Å². The summed E-state index contributed by atoms with van der Waals surface area (Å²) in [6.07, 6.45) is -23.1. The molecule has 14 atom stereocenters. The Kier molecular flexibility index (Phi) is 60.9. The largest absolute Gasteiger partial charge is 0.510 e. The van der Waals surface area contributed by atoms with Gasteiger partial charge in [0.25, 0.3) is 5.60 Å². The van der Waals surface area contributed by atoms with Gasteiger partial charge in [0.15, 0.2) is 11.7 Å². The number of halogens is 30. The van der Waals surface area contributed by atoms with Crippen LogP contribution in [0.4, 0.5) is 137 Å². The van der Waals surface area contributed by atoms with Gasteiger partial charge >= 0.3 is 105 Å². The van der Waals surface area contributed by atoms with Gasteiger partial charge in [-0.05, 0) is 268 Å². The maximum atomic E-state index is 13.5. The zero-order valence-electron chi connectivity index (χ0n) is 71.0. The van der Waals surface area contributed by atoms with Crippen molar-refractivity contribution in [3.63, 3.8) is 0 Å². The van der Waals surface area contributed by atoms with Gasteiger partial charge in [0, 0.05) is 54.7 Å². The predicted molar refractivity (Wildman–Crippen MR) is 444 cm³/mol. The van der Waals surface area contributed by atoms with Crippen molar-refractivity contribution in [2.45, 2.75) is 377 Å². The zero-order chi connectivity index (χ0) is 94.0. The molecule has 8 rings (SSSR count). The minimum Gasteiger partial charge on any atom is -0.429 e. The van der Waals surface area contributed by atoms with Crippen LogP contribution in [0.15, 0.2) is 0 Å². The first-order valence-electron chi connectivity index (χ1n) is 39.3. The van der Waals surface area contributed by atoms with Crippen LogP contribution in [0, 0.1) is 71.0 Å². The van der Waals surface area contributed by atoms with Crippen LogP contribution < -0.4 is 0 Å². The Morgan fingerprint density at radius 3 is 0.773 bits per heavy atom. The number of alkyl halides is 30. The summed E-state index contributed by atoms with van der Waals surface area (Å²) in [5.74, 6) is -15.1. The second-order valence-corrected chi connectivity index (χ2v) is 50.7. The van der Waals surface area contributed by atoms with Gasteiger partial charge in [-0.25, -0.2) is 4.79 Å². The van der Waals surface area contributed by atoms with Crippen molar-refractivity contribution in [3.05, 3.63) is 0 Å². The van der Waals surface area contributed by atoms with E-state index in [4.69, 9.17) is 18.9 Å². The Bertz CT molecular complexity index is 2810. The van der Waals surface area contributed by atoms with E-state index in [0.29, 0.717) is 69.0 Å². The average Bonchev–Trinajstić information content (AvgIpc) is 1.21. The van der Waals surface area contributed by atoms with Crippen molar-refractivity contribution >= 4 is 39.4 Å². The fourth-order valence-electron chi connectivity index (χ4n) is 15.3. The van der Waals surface area contributed by atoms with Crippen LogP contribution in [0.5, 0.6) is 0 Å². The summed E-state index contributed by atoms with van der Waals surface area (Å²) in [5.41, 5.74) is -12.0. The average molecular weight is 2020 g/mol. The lowest BCUT2D eigenvalue weighted by Crippen LogP contribution is -2.61. The molecule has 13 nitrogen and oxygen atoms in total. The summed E-state index contributed by atoms with van der Waals surface area (Å²) in [4.78, 5) is 11.7. The molecule has 0 aromatic carbocycles. The highest BCUT2D eigenvalue weighted by Gasteiger charge is 2.76. The van der Waals surface area contributed by atoms with E-state index in [2.05, 4.69) is 36.7 Å². The quantitative estimate of drug-likeness (QED) is 0.0283. The highest BCUT2D eigenvalue weighted by atomic mass is 28.4. The van der Waals surface area contributed by atoms with Crippen molar-refractivity contribution in [2.75, 3.05) is 68.6 Å². The molecule has 8 bridgehead atoms. The number of hydrogen-bond acceptors (Lipinski definition) is 13. The third-order valence-corrected chi connectivity index (χ3v) is 33.4. The molecule has 782 valence electrons. The second-order valence-electron chi connectivity index (χ2n) is 34.7. The van der Waals surface area contributed by atoms with E-state index in [-0.39, 0.29) is 128 Å². The van der Waals surface area contributed by atoms with Crippen molar-refractivity contribution < 1.29 is 192 Å². The standard InChI is InChI=1S/C16H22F6O3.C14H20F6O2.C14H23F3O2.C13H21F3O2.4C4H9F3OSi.8CH4/c1-13(2,3)24-12(23)25-14(15(17,18)19,16(20,21)22)8-11-7-9-4-5-10(11)6-9;1-2-21-8-22-12(13(15,16)17,14(18,19)20)7-11-6-9-3-4-10(11)5-9;1-3-18-9-19-13(2,14(15,16)17)8-12-7-10-4-5-11(12)6-10;1-2-17-8-18-12(13(14,15)16)7-11-6-9-3-4-10(11)5-9;4*1-8-9(2,3)4(5,6)7;;;;;;;;/h9-11H,4-8H2,1-3H3;9-11H,2-8H2,1H3;10-12H,3-9H2,1-2H3;9-12H,2-8H2,1H3;4*1-3H3;8*1H4. The third-order valence-electron chi connectivity index (χ3n) is 23.8. The van der Waals surface area contributed by atoms with Crippen LogP contribution in [0.1, 0.15) is 236 Å². The Morgan fingerprint density at radius 2 is 0.570 bits per heavy atom. The maximum Gasteiger partial charge on any atom is 0.510 e. The first-order chi connectivity index (χ1) is 53.9. The number of carbonyl (C=O) groups is 1. The zero-order valence-corrected chi connectivity index (χ0v) is 75.0. The summed E-state index contributed by atoms with van der Waals surface area (Å²) >= 11 is 0. The van der Waals surface area contributed by atoms with E-state index in [1.165, 1.54) is 40.5 Å². The molecule has 0 saturated heterocycles. The molecule has 14 unspecified atom stereocenters. The predicted octanol–water partition coefficient (Wildman–Crippen LogP) is 31.1. The van der Waals surface area contributed by atoms with E-state index in [9.17, 15) is 137 Å². The third kappa shape index (κ3) is 41.9. The summed E-state index contributed by atoms with van der Waals surface area (Å²) in [5, 5.41) is 0. The molecular weight excluding hydrogens is 1860 g/mol. The first-order valence-corrected chi connectivity index (χ1v) is 50.9. The van der Waals surface area contributed by atoms with Crippen LogP contribution in [-0.4, -0.2) is 197 Å². The Labute approximate surface area is 745 Å². The van der Waals surface area contributed by atoms with Crippen LogP contribution in [0.3, 0.4) is 0 Å². The van der Waals surface area contributed by atoms with Crippen LogP contribution in [0.25, 0.3) is 0 Å². The van der Waals surface area contributed by atoms with Gasteiger partial charge in [0.2, 0.25) is 0 Å². The Balaban J connectivity index is -0.000000219. The normalized spacial score (nSPS) is 24.0. The number of ether oxygens (including phenoxy) is 8. The molecule has 0 amide bonds. The topological polar surface area (TPSA) is 128 Å². The number of hydrogen-bond donors (Lipinski definition) is 0. The minimum absolute atomic E-state index is 0. The van der Waals surface area contributed by atoms with Gasteiger partial charge in [-0.2, -0.15) is 132 Å². The Hall–Kier alpha value is -2.36. The van der Waals surface area contributed by atoms with Gasteiger partial charge in [-0.3, -0.25) is 0 Å². The van der Waals surface area contributed by atoms with E-state index in [0.717, 1.165) is 146 Å². The first kappa shape index (κ1) is 141. The highest BCUT2D eigenvalue weighted by molar-refractivity contribution is 6.74. The van der Waals surface area contributed by atoms with Crippen molar-refractivity contribution in [1.82, 2.24) is 0 Å². The van der Waals surface area contributed by atoms with Crippen molar-refractivity contribution in [2.24, 2.45) is 71.0 Å².